The molecule has 1 heterocycles. The van der Waals surface area contributed by atoms with Crippen LogP contribution in [0.3, 0.4) is 0 Å². The number of nitrogens with zero attached hydrogens (tertiary/aromatic N) is 1. The normalized spacial score (nSPS) is 11.8. The summed E-state index contributed by atoms with van der Waals surface area (Å²) in [7, 11) is 3.26. The monoisotopic (exact) mass is 336 g/mol. The Morgan fingerprint density at radius 2 is 1.85 bits per heavy atom. The first-order chi connectivity index (χ1) is 9.63. The van der Waals surface area contributed by atoms with Gasteiger partial charge in [-0.2, -0.15) is 0 Å². The molecule has 0 amide bonds. The van der Waals surface area contributed by atoms with Crippen LogP contribution in [-0.4, -0.2) is 19.2 Å². The highest BCUT2D eigenvalue weighted by atomic mass is 79.9. The summed E-state index contributed by atoms with van der Waals surface area (Å²) in [6.07, 6.45) is 1.77. The first-order valence-corrected chi connectivity index (χ1v) is 7.03. The highest BCUT2D eigenvalue weighted by Gasteiger charge is 2.10. The van der Waals surface area contributed by atoms with Crippen molar-refractivity contribution in [3.63, 3.8) is 0 Å². The van der Waals surface area contributed by atoms with Crippen molar-refractivity contribution < 1.29 is 9.47 Å². The lowest BCUT2D eigenvalue weighted by atomic mass is 10.1. The van der Waals surface area contributed by atoms with E-state index in [0.717, 1.165) is 27.4 Å². The quantitative estimate of drug-likeness (QED) is 0.894. The van der Waals surface area contributed by atoms with Gasteiger partial charge in [-0.25, -0.2) is 4.98 Å². The van der Waals surface area contributed by atoms with E-state index >= 15 is 0 Å². The van der Waals surface area contributed by atoms with E-state index < -0.39 is 0 Å². The molecule has 0 aliphatic rings. The minimum Gasteiger partial charge on any atom is -0.493 e. The van der Waals surface area contributed by atoms with Crippen LogP contribution in [0.2, 0.25) is 0 Å². The molecule has 0 spiro atoms. The number of aromatic nitrogens is 1. The third-order valence-electron chi connectivity index (χ3n) is 3.00. The number of nitrogens with one attached hydrogen (secondary N) is 1. The zero-order valence-electron chi connectivity index (χ0n) is 11.7. The first kappa shape index (κ1) is 14.7. The number of hydrogen-bond donors (Lipinski definition) is 1. The molecule has 1 N–H and O–H groups in total. The van der Waals surface area contributed by atoms with E-state index in [9.17, 15) is 0 Å². The van der Waals surface area contributed by atoms with Crippen molar-refractivity contribution in [3.8, 4) is 11.5 Å². The summed E-state index contributed by atoms with van der Waals surface area (Å²) in [4.78, 5) is 4.31. The minimum absolute atomic E-state index is 0.114. The molecule has 20 heavy (non-hydrogen) atoms. The number of benzene rings is 1. The van der Waals surface area contributed by atoms with Crippen LogP contribution >= 0.6 is 15.9 Å². The summed E-state index contributed by atoms with van der Waals surface area (Å²) in [5, 5.41) is 3.35. The number of pyridine rings is 1. The van der Waals surface area contributed by atoms with Crippen molar-refractivity contribution in [2.24, 2.45) is 0 Å². The van der Waals surface area contributed by atoms with Gasteiger partial charge in [0.2, 0.25) is 0 Å². The summed E-state index contributed by atoms with van der Waals surface area (Å²) in [6, 6.07) is 9.88. The fourth-order valence-electron chi connectivity index (χ4n) is 1.89. The molecule has 0 bridgehead atoms. The van der Waals surface area contributed by atoms with E-state index in [-0.39, 0.29) is 6.04 Å². The minimum atomic E-state index is 0.114. The number of methoxy groups -OCH3 is 2. The average Bonchev–Trinajstić information content (AvgIpc) is 2.48. The molecule has 1 atom stereocenters. The number of rotatable bonds is 5. The van der Waals surface area contributed by atoms with Gasteiger partial charge < -0.3 is 14.8 Å². The van der Waals surface area contributed by atoms with Crippen LogP contribution in [-0.2, 0) is 0 Å². The van der Waals surface area contributed by atoms with Crippen LogP contribution in [0, 0.1) is 0 Å². The molecule has 1 aromatic heterocycles. The van der Waals surface area contributed by atoms with Gasteiger partial charge in [-0.05, 0) is 52.7 Å². The molecule has 5 heteroatoms. The Morgan fingerprint density at radius 1 is 1.10 bits per heavy atom. The molecule has 0 saturated carbocycles. The van der Waals surface area contributed by atoms with Crippen molar-refractivity contribution in [3.05, 3.63) is 46.6 Å². The molecule has 2 aromatic rings. The van der Waals surface area contributed by atoms with Gasteiger partial charge in [-0.1, -0.05) is 6.07 Å². The summed E-state index contributed by atoms with van der Waals surface area (Å²) in [5.74, 6) is 2.28. The molecule has 1 aromatic carbocycles. The van der Waals surface area contributed by atoms with Gasteiger partial charge in [-0.3, -0.25) is 0 Å². The maximum absolute atomic E-state index is 5.32. The smallest absolute Gasteiger partial charge is 0.161 e. The molecule has 106 valence electrons. The maximum Gasteiger partial charge on any atom is 0.161 e. The van der Waals surface area contributed by atoms with Gasteiger partial charge in [0.05, 0.1) is 20.3 Å². The van der Waals surface area contributed by atoms with E-state index in [1.165, 1.54) is 0 Å². The highest BCUT2D eigenvalue weighted by molar-refractivity contribution is 9.10. The number of halogens is 1. The van der Waals surface area contributed by atoms with E-state index in [1.54, 1.807) is 20.4 Å². The predicted octanol–water partition coefficient (Wildman–Crippen LogP) is 4.03. The zero-order chi connectivity index (χ0) is 14.5. The Morgan fingerprint density at radius 3 is 2.45 bits per heavy atom. The Bertz CT molecular complexity index is 573. The van der Waals surface area contributed by atoms with E-state index in [2.05, 4.69) is 33.2 Å². The van der Waals surface area contributed by atoms with Crippen molar-refractivity contribution in [2.75, 3.05) is 19.5 Å². The summed E-state index contributed by atoms with van der Waals surface area (Å²) < 4.78 is 11.5. The van der Waals surface area contributed by atoms with E-state index in [1.807, 2.05) is 30.3 Å². The zero-order valence-corrected chi connectivity index (χ0v) is 13.3. The van der Waals surface area contributed by atoms with Gasteiger partial charge in [0.1, 0.15) is 5.82 Å². The molecule has 0 radical (unpaired) electrons. The molecular weight excluding hydrogens is 320 g/mol. The van der Waals surface area contributed by atoms with Gasteiger partial charge in [0, 0.05) is 10.7 Å². The van der Waals surface area contributed by atoms with Crippen LogP contribution in [0.1, 0.15) is 18.5 Å². The molecule has 0 saturated heterocycles. The molecule has 1 unspecified atom stereocenters. The predicted molar refractivity (Wildman–Crippen MR) is 83.5 cm³/mol. The van der Waals surface area contributed by atoms with Crippen molar-refractivity contribution in [1.29, 1.82) is 0 Å². The van der Waals surface area contributed by atoms with Crippen LogP contribution in [0.15, 0.2) is 41.0 Å². The van der Waals surface area contributed by atoms with E-state index in [0.29, 0.717) is 0 Å². The molecular formula is C15H17BrN2O2. The Balaban J connectivity index is 2.16. The highest BCUT2D eigenvalue weighted by Crippen LogP contribution is 2.30. The largest absolute Gasteiger partial charge is 0.493 e. The standard InChI is InChI=1S/C15H17BrN2O2/c1-10(18-15-7-5-12(16)9-17-15)11-4-6-13(19-2)14(8-11)20-3/h4-10H,1-3H3,(H,17,18). The molecule has 4 nitrogen and oxygen atoms in total. The topological polar surface area (TPSA) is 43.4 Å². The third-order valence-corrected chi connectivity index (χ3v) is 3.47. The lowest BCUT2D eigenvalue weighted by molar-refractivity contribution is 0.354. The third kappa shape index (κ3) is 3.42. The summed E-state index contributed by atoms with van der Waals surface area (Å²) in [6.45, 7) is 2.07. The fraction of sp³-hybridized carbons (Fsp3) is 0.267. The summed E-state index contributed by atoms with van der Waals surface area (Å²) in [5.41, 5.74) is 1.10. The van der Waals surface area contributed by atoms with Gasteiger partial charge in [-0.15, -0.1) is 0 Å². The van der Waals surface area contributed by atoms with Crippen LogP contribution in [0.4, 0.5) is 5.82 Å². The lowest BCUT2D eigenvalue weighted by Crippen LogP contribution is -2.08. The SMILES string of the molecule is COc1ccc(C(C)Nc2ccc(Br)cn2)cc1OC. The average molecular weight is 337 g/mol. The van der Waals surface area contributed by atoms with E-state index in [4.69, 9.17) is 9.47 Å². The summed E-state index contributed by atoms with van der Waals surface area (Å²) >= 11 is 3.37. The molecule has 0 aliphatic heterocycles. The van der Waals surface area contributed by atoms with Crippen LogP contribution in [0.5, 0.6) is 11.5 Å². The van der Waals surface area contributed by atoms with Gasteiger partial charge in [0.25, 0.3) is 0 Å². The Labute approximate surface area is 127 Å². The van der Waals surface area contributed by atoms with Gasteiger partial charge >= 0.3 is 0 Å². The maximum atomic E-state index is 5.32. The number of ether oxygens (including phenoxy) is 2. The Kier molecular flexibility index (Phi) is 4.84. The van der Waals surface area contributed by atoms with Crippen LogP contribution < -0.4 is 14.8 Å². The fourth-order valence-corrected chi connectivity index (χ4v) is 2.12. The molecule has 0 aliphatic carbocycles. The first-order valence-electron chi connectivity index (χ1n) is 6.24. The molecule has 2 rings (SSSR count). The van der Waals surface area contributed by atoms with Gasteiger partial charge in [0.15, 0.2) is 11.5 Å². The van der Waals surface area contributed by atoms with Crippen LogP contribution in [0.25, 0.3) is 0 Å². The number of anilines is 1. The van der Waals surface area contributed by atoms with Crippen molar-refractivity contribution >= 4 is 21.7 Å². The van der Waals surface area contributed by atoms with Crippen molar-refractivity contribution in [1.82, 2.24) is 4.98 Å². The lowest BCUT2D eigenvalue weighted by Gasteiger charge is -2.17. The van der Waals surface area contributed by atoms with Crippen molar-refractivity contribution in [2.45, 2.75) is 13.0 Å². The second kappa shape index (κ2) is 6.61. The second-order valence-electron chi connectivity index (χ2n) is 4.34. The second-order valence-corrected chi connectivity index (χ2v) is 5.26. The molecule has 0 fully saturated rings. The Hall–Kier alpha value is -1.75. The number of hydrogen-bond acceptors (Lipinski definition) is 4.